The van der Waals surface area contributed by atoms with Crippen molar-refractivity contribution in [1.82, 2.24) is 9.55 Å². The Labute approximate surface area is 201 Å². The molecule has 0 fully saturated rings. The number of para-hydroxylation sites is 1. The normalized spacial score (nSPS) is 12.3. The van der Waals surface area contributed by atoms with E-state index < -0.39 is 5.82 Å². The van der Waals surface area contributed by atoms with E-state index in [0.29, 0.717) is 12.1 Å². The van der Waals surface area contributed by atoms with E-state index in [1.54, 1.807) is 30.6 Å². The highest BCUT2D eigenvalue weighted by atomic mass is 19.1. The molecule has 0 radical (unpaired) electrons. The summed E-state index contributed by atoms with van der Waals surface area (Å²) < 4.78 is 15.8. The topological polar surface area (TPSA) is 76.3 Å². The number of aryl methyl sites for hydroxylation is 1. The van der Waals surface area contributed by atoms with Crippen molar-refractivity contribution in [3.05, 3.63) is 117 Å². The molecule has 0 spiro atoms. The smallest absolute Gasteiger partial charge is 0.251 e. The van der Waals surface area contributed by atoms with Gasteiger partial charge in [-0.15, -0.1) is 0 Å². The van der Waals surface area contributed by atoms with Crippen molar-refractivity contribution in [2.24, 2.45) is 4.99 Å². The number of nitrogens with zero attached hydrogens (tertiary/aromatic N) is 3. The van der Waals surface area contributed by atoms with E-state index in [9.17, 15) is 14.0 Å². The highest BCUT2D eigenvalue weighted by molar-refractivity contribution is 6.15. The zero-order valence-corrected chi connectivity index (χ0v) is 19.4. The van der Waals surface area contributed by atoms with E-state index in [1.807, 2.05) is 37.3 Å². The van der Waals surface area contributed by atoms with Gasteiger partial charge in [-0.2, -0.15) is 0 Å². The number of anilines is 1. The van der Waals surface area contributed by atoms with E-state index in [1.165, 1.54) is 17.6 Å². The molecule has 1 aliphatic rings. The van der Waals surface area contributed by atoms with E-state index in [-0.39, 0.29) is 23.7 Å². The largest absolute Gasteiger partial charge is 0.324 e. The first-order chi connectivity index (χ1) is 16.9. The molecule has 1 amide bonds. The average molecular weight is 467 g/mol. The fourth-order valence-corrected chi connectivity index (χ4v) is 4.32. The van der Waals surface area contributed by atoms with Crippen molar-refractivity contribution < 1.29 is 9.18 Å². The molecular formula is C28H23FN4O2. The Bertz CT molecular complexity index is 1560. The summed E-state index contributed by atoms with van der Waals surface area (Å²) in [6.45, 7) is 4.03. The summed E-state index contributed by atoms with van der Waals surface area (Å²) in [5.74, 6) is -0.914. The summed E-state index contributed by atoms with van der Waals surface area (Å²) in [6, 6.07) is 18.0. The van der Waals surface area contributed by atoms with E-state index >= 15 is 0 Å². The molecule has 2 aromatic carbocycles. The maximum Gasteiger partial charge on any atom is 0.251 e. The molecule has 7 heteroatoms. The third-order valence-corrected chi connectivity index (χ3v) is 6.01. The molecule has 0 bridgehead atoms. The van der Waals surface area contributed by atoms with Gasteiger partial charge in [0.15, 0.2) is 0 Å². The zero-order chi connectivity index (χ0) is 24.5. The van der Waals surface area contributed by atoms with E-state index in [2.05, 4.69) is 16.4 Å². The van der Waals surface area contributed by atoms with Crippen LogP contribution in [0.1, 0.15) is 34.9 Å². The average Bonchev–Trinajstić information content (AvgIpc) is 3.25. The predicted molar refractivity (Wildman–Crippen MR) is 134 cm³/mol. The maximum atomic E-state index is 14.3. The van der Waals surface area contributed by atoms with Gasteiger partial charge in [0.25, 0.3) is 5.56 Å². The number of hydrogen-bond acceptors (Lipinski definition) is 4. The van der Waals surface area contributed by atoms with Gasteiger partial charge in [-0.05, 0) is 59.5 Å². The predicted octanol–water partition coefficient (Wildman–Crippen LogP) is 4.72. The molecule has 0 unspecified atom stereocenters. The van der Waals surface area contributed by atoms with Crippen LogP contribution in [0.3, 0.4) is 0 Å². The van der Waals surface area contributed by atoms with E-state index in [0.717, 1.165) is 39.2 Å². The molecule has 0 saturated heterocycles. The summed E-state index contributed by atoms with van der Waals surface area (Å²) in [4.78, 5) is 33.4. The minimum Gasteiger partial charge on any atom is -0.324 e. The third kappa shape index (κ3) is 4.53. The Morgan fingerprint density at radius 1 is 1.06 bits per heavy atom. The van der Waals surface area contributed by atoms with Gasteiger partial charge in [-0.25, -0.2) is 4.39 Å². The first-order valence-corrected chi connectivity index (χ1v) is 11.3. The van der Waals surface area contributed by atoms with Gasteiger partial charge in [-0.1, -0.05) is 24.3 Å². The molecule has 1 N–H and O–H groups in total. The Hall–Kier alpha value is -4.39. The van der Waals surface area contributed by atoms with Crippen LogP contribution in [-0.4, -0.2) is 21.2 Å². The summed E-state index contributed by atoms with van der Waals surface area (Å²) in [6.07, 6.45) is 3.47. The number of amides is 1. The minimum atomic E-state index is -0.539. The summed E-state index contributed by atoms with van der Waals surface area (Å²) >= 11 is 0. The lowest BCUT2D eigenvalue weighted by Gasteiger charge is -2.13. The molecule has 5 rings (SSSR count). The minimum absolute atomic E-state index is 0.0905. The Morgan fingerprint density at radius 2 is 1.89 bits per heavy atom. The van der Waals surface area contributed by atoms with Gasteiger partial charge in [0.05, 0.1) is 24.5 Å². The van der Waals surface area contributed by atoms with Crippen LogP contribution in [0.25, 0.3) is 11.1 Å². The molecule has 174 valence electrons. The number of pyridine rings is 2. The first kappa shape index (κ1) is 22.4. The van der Waals surface area contributed by atoms with Crippen LogP contribution in [0.4, 0.5) is 10.1 Å². The zero-order valence-electron chi connectivity index (χ0n) is 19.4. The van der Waals surface area contributed by atoms with Crippen molar-refractivity contribution >= 4 is 17.3 Å². The van der Waals surface area contributed by atoms with Gasteiger partial charge >= 0.3 is 0 Å². The standard InChI is InChI=1S/C28H23FN4O2/c1-17-12-21(8-10-30-17)27-24-13-19(6-7-22(24)15-31-27)20-9-11-33(26(35)14-20)16-23-4-3-5-25(29)28(23)32-18(2)34/h3-14H,15-16H2,1-2H3,(H,32,34). The van der Waals surface area contributed by atoms with Crippen LogP contribution in [0.15, 0.2) is 82.8 Å². The number of aromatic nitrogens is 2. The maximum absolute atomic E-state index is 14.3. The quantitative estimate of drug-likeness (QED) is 0.463. The van der Waals surface area contributed by atoms with Crippen molar-refractivity contribution in [3.8, 4) is 11.1 Å². The molecule has 2 aromatic heterocycles. The van der Waals surface area contributed by atoms with Gasteiger partial charge in [0.1, 0.15) is 5.82 Å². The number of carbonyl (C=O) groups excluding carboxylic acids is 1. The van der Waals surface area contributed by atoms with Crippen LogP contribution >= 0.6 is 0 Å². The van der Waals surface area contributed by atoms with Gasteiger partial charge in [0, 0.05) is 42.2 Å². The Balaban J connectivity index is 1.45. The first-order valence-electron chi connectivity index (χ1n) is 11.3. The van der Waals surface area contributed by atoms with Gasteiger partial charge in [-0.3, -0.25) is 19.6 Å². The van der Waals surface area contributed by atoms with Crippen LogP contribution in [-0.2, 0) is 17.9 Å². The summed E-state index contributed by atoms with van der Waals surface area (Å²) in [5.41, 5.74) is 7.16. The van der Waals surface area contributed by atoms with Gasteiger partial charge in [0.2, 0.25) is 5.91 Å². The molecule has 6 nitrogen and oxygen atoms in total. The highest BCUT2D eigenvalue weighted by Gasteiger charge is 2.19. The molecular weight excluding hydrogens is 443 g/mol. The van der Waals surface area contributed by atoms with E-state index in [4.69, 9.17) is 4.99 Å². The number of carbonyl (C=O) groups is 1. The second-order valence-corrected chi connectivity index (χ2v) is 8.56. The lowest BCUT2D eigenvalue weighted by molar-refractivity contribution is -0.114. The van der Waals surface area contributed by atoms with Crippen LogP contribution < -0.4 is 10.9 Å². The molecule has 3 heterocycles. The number of benzene rings is 2. The number of halogens is 1. The molecule has 35 heavy (non-hydrogen) atoms. The number of fused-ring (bicyclic) bond motifs is 1. The number of aliphatic imine (C=N–C) groups is 1. The van der Waals surface area contributed by atoms with Crippen LogP contribution in [0.5, 0.6) is 0 Å². The van der Waals surface area contributed by atoms with Crippen molar-refractivity contribution in [1.29, 1.82) is 0 Å². The second kappa shape index (κ2) is 9.10. The fraction of sp³-hybridized carbons (Fsp3) is 0.143. The SMILES string of the molecule is CC(=O)Nc1c(F)cccc1Cn1ccc(-c2ccc3c(c2)C(c2ccnc(C)c2)=NC3)cc1=O. The summed E-state index contributed by atoms with van der Waals surface area (Å²) in [7, 11) is 0. The number of nitrogens with one attached hydrogen (secondary N) is 1. The lowest BCUT2D eigenvalue weighted by Crippen LogP contribution is -2.20. The van der Waals surface area contributed by atoms with Gasteiger partial charge < -0.3 is 9.88 Å². The monoisotopic (exact) mass is 466 g/mol. The highest BCUT2D eigenvalue weighted by Crippen LogP contribution is 2.28. The molecule has 0 atom stereocenters. The molecule has 1 aliphatic heterocycles. The number of rotatable bonds is 5. The Morgan fingerprint density at radius 3 is 2.66 bits per heavy atom. The fourth-order valence-electron chi connectivity index (χ4n) is 4.32. The molecule has 0 aliphatic carbocycles. The second-order valence-electron chi connectivity index (χ2n) is 8.56. The van der Waals surface area contributed by atoms with Crippen molar-refractivity contribution in [2.75, 3.05) is 5.32 Å². The van der Waals surface area contributed by atoms with Crippen molar-refractivity contribution in [3.63, 3.8) is 0 Å². The summed E-state index contributed by atoms with van der Waals surface area (Å²) in [5, 5.41) is 2.52. The van der Waals surface area contributed by atoms with Crippen LogP contribution in [0.2, 0.25) is 0 Å². The van der Waals surface area contributed by atoms with Crippen molar-refractivity contribution in [2.45, 2.75) is 26.9 Å². The Kier molecular flexibility index (Phi) is 5.82. The lowest BCUT2D eigenvalue weighted by atomic mass is 9.96. The number of hydrogen-bond donors (Lipinski definition) is 1. The van der Waals surface area contributed by atoms with Crippen LogP contribution in [0, 0.1) is 12.7 Å². The molecule has 0 saturated carbocycles. The third-order valence-electron chi connectivity index (χ3n) is 6.01. The molecule has 4 aromatic rings.